The average Bonchev–Trinajstić information content (AvgIpc) is 2.96. The van der Waals surface area contributed by atoms with E-state index >= 15 is 0 Å². The fourth-order valence-corrected chi connectivity index (χ4v) is 1.54. The molecular formula is C11H17N5O5. The van der Waals surface area contributed by atoms with Crippen molar-refractivity contribution in [3.8, 4) is 0 Å². The highest BCUT2D eigenvalue weighted by atomic mass is 16.4. The number of carboxylic acids is 1. The van der Waals surface area contributed by atoms with Crippen LogP contribution >= 0.6 is 0 Å². The molecule has 10 nitrogen and oxygen atoms in total. The van der Waals surface area contributed by atoms with E-state index in [4.69, 9.17) is 15.9 Å². The molecule has 1 rings (SSSR count). The number of aromatic nitrogens is 2. The Morgan fingerprint density at radius 3 is 2.52 bits per heavy atom. The van der Waals surface area contributed by atoms with Crippen LogP contribution in [0.15, 0.2) is 12.5 Å². The highest BCUT2D eigenvalue weighted by Gasteiger charge is 2.26. The van der Waals surface area contributed by atoms with Crippen LogP contribution in [-0.2, 0) is 20.8 Å². The molecule has 2 unspecified atom stereocenters. The van der Waals surface area contributed by atoms with Crippen molar-refractivity contribution in [2.75, 3.05) is 13.2 Å². The van der Waals surface area contributed by atoms with Crippen molar-refractivity contribution in [3.05, 3.63) is 18.2 Å². The third kappa shape index (κ3) is 5.20. The van der Waals surface area contributed by atoms with Gasteiger partial charge in [-0.2, -0.15) is 0 Å². The summed E-state index contributed by atoms with van der Waals surface area (Å²) in [6.07, 6.45) is 2.81. The van der Waals surface area contributed by atoms with Gasteiger partial charge in [-0.25, -0.2) is 9.78 Å². The lowest BCUT2D eigenvalue weighted by Crippen LogP contribution is -2.54. The molecule has 2 amide bonds. The highest BCUT2D eigenvalue weighted by molar-refractivity contribution is 5.90. The first-order chi connectivity index (χ1) is 9.97. The summed E-state index contributed by atoms with van der Waals surface area (Å²) < 4.78 is 0. The third-order valence-electron chi connectivity index (χ3n) is 2.61. The maximum Gasteiger partial charge on any atom is 0.326 e. The van der Waals surface area contributed by atoms with Gasteiger partial charge in [0, 0.05) is 18.3 Å². The molecule has 0 saturated heterocycles. The molecule has 10 heteroatoms. The van der Waals surface area contributed by atoms with E-state index in [9.17, 15) is 14.4 Å². The Morgan fingerprint density at radius 2 is 2.05 bits per heavy atom. The summed E-state index contributed by atoms with van der Waals surface area (Å²) in [4.78, 5) is 40.6. The van der Waals surface area contributed by atoms with Gasteiger partial charge in [0.25, 0.3) is 0 Å². The monoisotopic (exact) mass is 299 g/mol. The number of nitrogens with two attached hydrogens (primary N) is 1. The van der Waals surface area contributed by atoms with Crippen molar-refractivity contribution in [2.24, 2.45) is 5.73 Å². The quantitative estimate of drug-likeness (QED) is 0.296. The zero-order valence-electron chi connectivity index (χ0n) is 11.1. The molecule has 116 valence electrons. The number of rotatable bonds is 8. The number of aliphatic hydroxyl groups excluding tert-OH is 1. The van der Waals surface area contributed by atoms with Crippen LogP contribution < -0.4 is 16.4 Å². The van der Waals surface area contributed by atoms with Gasteiger partial charge >= 0.3 is 5.97 Å². The van der Waals surface area contributed by atoms with Crippen molar-refractivity contribution < 1.29 is 24.6 Å². The summed E-state index contributed by atoms with van der Waals surface area (Å²) >= 11 is 0. The standard InChI is InChI=1S/C11H17N5O5/c12-2-9(18)15-8(4-17)10(19)16-7(11(20)21)1-6-3-13-5-14-6/h3,5,7-8,17H,1-2,4,12H2,(H,13,14)(H,15,18)(H,16,19)(H,20,21). The number of carboxylic acid groups (broad SMARTS) is 1. The molecule has 0 saturated carbocycles. The van der Waals surface area contributed by atoms with Gasteiger partial charge in [-0.3, -0.25) is 9.59 Å². The Morgan fingerprint density at radius 1 is 1.33 bits per heavy atom. The summed E-state index contributed by atoms with van der Waals surface area (Å²) in [6.45, 7) is -1.02. The molecular weight excluding hydrogens is 282 g/mol. The van der Waals surface area contributed by atoms with E-state index < -0.39 is 36.5 Å². The van der Waals surface area contributed by atoms with Gasteiger partial charge in [0.2, 0.25) is 11.8 Å². The number of hydrogen-bond acceptors (Lipinski definition) is 6. The van der Waals surface area contributed by atoms with Gasteiger partial charge in [-0.05, 0) is 0 Å². The molecule has 21 heavy (non-hydrogen) atoms. The number of aliphatic hydroxyl groups is 1. The van der Waals surface area contributed by atoms with Crippen molar-refractivity contribution in [1.82, 2.24) is 20.6 Å². The highest BCUT2D eigenvalue weighted by Crippen LogP contribution is 1.99. The molecule has 0 aromatic carbocycles. The van der Waals surface area contributed by atoms with E-state index in [1.807, 2.05) is 0 Å². The number of carbonyl (C=O) groups is 3. The zero-order valence-corrected chi connectivity index (χ0v) is 11.1. The van der Waals surface area contributed by atoms with E-state index in [2.05, 4.69) is 20.6 Å². The number of aliphatic carboxylic acids is 1. The van der Waals surface area contributed by atoms with Crippen LogP contribution in [0.3, 0.4) is 0 Å². The average molecular weight is 299 g/mol. The summed E-state index contributed by atoms with van der Waals surface area (Å²) in [5, 5.41) is 22.6. The Hall–Kier alpha value is -2.46. The normalized spacial score (nSPS) is 13.2. The number of aromatic amines is 1. The summed E-state index contributed by atoms with van der Waals surface area (Å²) in [6, 6.07) is -2.48. The van der Waals surface area contributed by atoms with Gasteiger partial charge in [-0.15, -0.1) is 0 Å². The predicted octanol–water partition coefficient (Wildman–Crippen LogP) is -3.04. The van der Waals surface area contributed by atoms with Gasteiger partial charge in [-0.1, -0.05) is 0 Å². The van der Waals surface area contributed by atoms with E-state index in [1.165, 1.54) is 12.5 Å². The fraction of sp³-hybridized carbons (Fsp3) is 0.455. The van der Waals surface area contributed by atoms with Crippen molar-refractivity contribution in [2.45, 2.75) is 18.5 Å². The third-order valence-corrected chi connectivity index (χ3v) is 2.61. The Bertz CT molecular complexity index is 489. The lowest BCUT2D eigenvalue weighted by Gasteiger charge is -2.19. The summed E-state index contributed by atoms with van der Waals surface area (Å²) in [5.41, 5.74) is 5.61. The largest absolute Gasteiger partial charge is 0.480 e. The molecule has 0 radical (unpaired) electrons. The minimum absolute atomic E-state index is 0.00986. The molecule has 0 fully saturated rings. The molecule has 0 bridgehead atoms. The van der Waals surface area contributed by atoms with Crippen LogP contribution in [0.4, 0.5) is 0 Å². The van der Waals surface area contributed by atoms with Crippen LogP contribution in [0.25, 0.3) is 0 Å². The molecule has 1 heterocycles. The summed E-state index contributed by atoms with van der Waals surface area (Å²) in [7, 11) is 0. The molecule has 0 aliphatic rings. The van der Waals surface area contributed by atoms with Crippen LogP contribution in [0, 0.1) is 0 Å². The molecule has 2 atom stereocenters. The number of nitrogens with one attached hydrogen (secondary N) is 3. The van der Waals surface area contributed by atoms with E-state index in [0.29, 0.717) is 5.69 Å². The van der Waals surface area contributed by atoms with Gasteiger partial charge in [0.05, 0.1) is 19.5 Å². The first-order valence-corrected chi connectivity index (χ1v) is 6.08. The second-order valence-corrected chi connectivity index (χ2v) is 4.19. The minimum Gasteiger partial charge on any atom is -0.480 e. The Kier molecular flexibility index (Phi) is 6.30. The topological polar surface area (TPSA) is 170 Å². The number of imidazole rings is 1. The molecule has 0 spiro atoms. The first kappa shape index (κ1) is 16.6. The molecule has 0 aliphatic carbocycles. The zero-order chi connectivity index (χ0) is 15.8. The second kappa shape index (κ2) is 7.97. The van der Waals surface area contributed by atoms with Crippen molar-refractivity contribution >= 4 is 17.8 Å². The maximum absolute atomic E-state index is 11.9. The smallest absolute Gasteiger partial charge is 0.326 e. The van der Waals surface area contributed by atoms with Crippen LogP contribution in [-0.4, -0.2) is 63.2 Å². The number of carbonyl (C=O) groups excluding carboxylic acids is 2. The van der Waals surface area contributed by atoms with Gasteiger partial charge in [0.15, 0.2) is 0 Å². The lowest BCUT2D eigenvalue weighted by atomic mass is 10.1. The number of hydrogen-bond donors (Lipinski definition) is 6. The second-order valence-electron chi connectivity index (χ2n) is 4.19. The molecule has 0 aliphatic heterocycles. The molecule has 7 N–H and O–H groups in total. The van der Waals surface area contributed by atoms with E-state index in [1.54, 1.807) is 0 Å². The predicted molar refractivity (Wildman–Crippen MR) is 69.9 cm³/mol. The van der Waals surface area contributed by atoms with E-state index in [-0.39, 0.29) is 13.0 Å². The van der Waals surface area contributed by atoms with Crippen LogP contribution in [0.1, 0.15) is 5.69 Å². The van der Waals surface area contributed by atoms with Crippen molar-refractivity contribution in [3.63, 3.8) is 0 Å². The maximum atomic E-state index is 11.9. The van der Waals surface area contributed by atoms with Crippen LogP contribution in [0.2, 0.25) is 0 Å². The van der Waals surface area contributed by atoms with Crippen LogP contribution in [0.5, 0.6) is 0 Å². The Labute approximate surface area is 119 Å². The van der Waals surface area contributed by atoms with Gasteiger partial charge < -0.3 is 31.6 Å². The SMILES string of the molecule is NCC(=O)NC(CO)C(=O)NC(Cc1cnc[nH]1)C(=O)O. The number of amides is 2. The molecule has 1 aromatic rings. The fourth-order valence-electron chi connectivity index (χ4n) is 1.54. The minimum atomic E-state index is -1.26. The molecule has 1 aromatic heterocycles. The number of nitrogens with zero attached hydrogens (tertiary/aromatic N) is 1. The lowest BCUT2D eigenvalue weighted by molar-refractivity contribution is -0.142. The van der Waals surface area contributed by atoms with Gasteiger partial charge in [0.1, 0.15) is 12.1 Å². The Balaban J connectivity index is 2.66. The van der Waals surface area contributed by atoms with Crippen molar-refractivity contribution in [1.29, 1.82) is 0 Å². The number of H-pyrrole nitrogens is 1. The summed E-state index contributed by atoms with van der Waals surface area (Å²) in [5.74, 6) is -2.70. The first-order valence-electron chi connectivity index (χ1n) is 6.08. The van der Waals surface area contributed by atoms with E-state index in [0.717, 1.165) is 0 Å².